The quantitative estimate of drug-likeness (QED) is 0.476. The monoisotopic (exact) mass is 422 g/mol. The molecule has 4 rings (SSSR count). The number of hydrogen-bond donors (Lipinski definition) is 1. The fourth-order valence-corrected chi connectivity index (χ4v) is 4.24. The predicted molar refractivity (Wildman–Crippen MR) is 134 cm³/mol. The largest absolute Gasteiger partial charge is 0.313 e. The van der Waals surface area contributed by atoms with E-state index in [-0.39, 0.29) is 0 Å². The number of amidine groups is 1. The molecule has 0 atom stereocenters. The zero-order valence-electron chi connectivity index (χ0n) is 19.2. The summed E-state index contributed by atoms with van der Waals surface area (Å²) in [7, 11) is 0. The molecule has 1 N–H and O–H groups in total. The number of nitriles is 1. The molecule has 0 bridgehead atoms. The smallest absolute Gasteiger partial charge is 0.155 e. The van der Waals surface area contributed by atoms with Crippen LogP contribution in [0.15, 0.2) is 64.6 Å². The van der Waals surface area contributed by atoms with Gasteiger partial charge in [-0.3, -0.25) is 4.99 Å². The average molecular weight is 423 g/mol. The summed E-state index contributed by atoms with van der Waals surface area (Å²) in [5, 5.41) is 15.5. The zero-order valence-corrected chi connectivity index (χ0v) is 19.2. The maximum atomic E-state index is 9.63. The summed E-state index contributed by atoms with van der Waals surface area (Å²) in [4.78, 5) is 9.65. The summed E-state index contributed by atoms with van der Waals surface area (Å²) in [6, 6.07) is 21.3. The lowest BCUT2D eigenvalue weighted by atomic mass is 9.95. The number of fused-ring (bicyclic) bond motifs is 1. The van der Waals surface area contributed by atoms with E-state index in [0.29, 0.717) is 12.5 Å². The highest BCUT2D eigenvalue weighted by Crippen LogP contribution is 2.26. The second-order valence-electron chi connectivity index (χ2n) is 8.77. The van der Waals surface area contributed by atoms with Crippen LogP contribution < -0.4 is 5.32 Å². The van der Waals surface area contributed by atoms with Gasteiger partial charge in [-0.1, -0.05) is 69.3 Å². The van der Waals surface area contributed by atoms with E-state index in [1.807, 2.05) is 6.07 Å². The third kappa shape index (κ3) is 4.64. The van der Waals surface area contributed by atoms with Crippen molar-refractivity contribution in [2.45, 2.75) is 40.2 Å². The lowest BCUT2D eigenvalue weighted by Gasteiger charge is -2.11. The Morgan fingerprint density at radius 2 is 1.81 bits per heavy atom. The molecule has 4 heteroatoms. The van der Waals surface area contributed by atoms with Crippen LogP contribution in [0.2, 0.25) is 0 Å². The third-order valence-corrected chi connectivity index (χ3v) is 5.81. The molecule has 0 amide bonds. The van der Waals surface area contributed by atoms with E-state index in [9.17, 15) is 5.26 Å². The minimum Gasteiger partial charge on any atom is -0.313 e. The average Bonchev–Trinajstić information content (AvgIpc) is 3.29. The molecule has 1 aliphatic rings. The van der Waals surface area contributed by atoms with Gasteiger partial charge < -0.3 is 5.32 Å². The van der Waals surface area contributed by atoms with Crippen LogP contribution >= 0.6 is 0 Å². The fraction of sp³-hybridized carbons (Fsp3) is 0.321. The van der Waals surface area contributed by atoms with Gasteiger partial charge in [0.1, 0.15) is 0 Å². The van der Waals surface area contributed by atoms with Crippen molar-refractivity contribution in [2.75, 3.05) is 13.1 Å². The lowest BCUT2D eigenvalue weighted by Crippen LogP contribution is -2.14. The molecule has 0 radical (unpaired) electrons. The highest BCUT2D eigenvalue weighted by Gasteiger charge is 2.18. The van der Waals surface area contributed by atoms with Crippen molar-refractivity contribution >= 4 is 22.3 Å². The van der Waals surface area contributed by atoms with E-state index in [2.05, 4.69) is 80.7 Å². The molecular formula is C28H30N4. The van der Waals surface area contributed by atoms with Crippen LogP contribution in [0.3, 0.4) is 0 Å². The topological polar surface area (TPSA) is 60.5 Å². The van der Waals surface area contributed by atoms with E-state index in [1.165, 1.54) is 16.3 Å². The molecule has 1 heterocycles. The maximum absolute atomic E-state index is 9.63. The Labute approximate surface area is 190 Å². The lowest BCUT2D eigenvalue weighted by molar-refractivity contribution is 0.646. The molecule has 3 aromatic carbocycles. The highest BCUT2D eigenvalue weighted by atomic mass is 15.0. The Morgan fingerprint density at radius 3 is 2.56 bits per heavy atom. The normalized spacial score (nSPS) is 13.3. The molecule has 162 valence electrons. The molecule has 0 fully saturated rings. The molecule has 4 nitrogen and oxygen atoms in total. The second-order valence-corrected chi connectivity index (χ2v) is 8.77. The van der Waals surface area contributed by atoms with Gasteiger partial charge in [0.2, 0.25) is 0 Å². The fourth-order valence-electron chi connectivity index (χ4n) is 4.24. The first-order valence-electron chi connectivity index (χ1n) is 11.5. The first kappa shape index (κ1) is 21.9. The summed E-state index contributed by atoms with van der Waals surface area (Å²) in [5.74, 6) is 1.29. The van der Waals surface area contributed by atoms with Gasteiger partial charge in [0.25, 0.3) is 0 Å². The van der Waals surface area contributed by atoms with Crippen LogP contribution in [-0.2, 0) is 13.0 Å². The minimum absolute atomic E-state index is 0.514. The first-order chi connectivity index (χ1) is 15.6. The third-order valence-electron chi connectivity index (χ3n) is 5.81. The molecule has 0 aliphatic carbocycles. The van der Waals surface area contributed by atoms with Crippen molar-refractivity contribution in [2.24, 2.45) is 15.9 Å². The Bertz CT molecular complexity index is 1230. The number of benzene rings is 3. The van der Waals surface area contributed by atoms with Crippen LogP contribution in [-0.4, -0.2) is 24.6 Å². The highest BCUT2D eigenvalue weighted by molar-refractivity contribution is 6.21. The molecule has 0 aromatic heterocycles. The van der Waals surface area contributed by atoms with E-state index >= 15 is 0 Å². The molecule has 32 heavy (non-hydrogen) atoms. The van der Waals surface area contributed by atoms with Gasteiger partial charge in [0.05, 0.1) is 23.9 Å². The number of aliphatic imine (C=N–C) groups is 2. The van der Waals surface area contributed by atoms with Gasteiger partial charge in [0, 0.05) is 12.1 Å². The molecule has 1 aliphatic heterocycles. The maximum Gasteiger partial charge on any atom is 0.155 e. The van der Waals surface area contributed by atoms with E-state index < -0.39 is 0 Å². The van der Waals surface area contributed by atoms with E-state index in [0.717, 1.165) is 59.7 Å². The number of hydrogen-bond acceptors (Lipinski definition) is 4. The molecule has 0 spiro atoms. The number of nitrogens with one attached hydrogen (secondary N) is 1. The molecule has 0 saturated carbocycles. The van der Waals surface area contributed by atoms with Crippen LogP contribution in [0, 0.1) is 17.2 Å². The van der Waals surface area contributed by atoms with Crippen molar-refractivity contribution in [3.63, 3.8) is 0 Å². The SMILES string of the molecule is CCCNCc1ccc(C2=NCC(c3ccc(CC(C)C)c(C#N)c3)=N2)c2ccccc12. The van der Waals surface area contributed by atoms with Crippen LogP contribution in [0.1, 0.15) is 55.0 Å². The Balaban J connectivity index is 1.65. The summed E-state index contributed by atoms with van der Waals surface area (Å²) in [6.45, 7) is 8.93. The van der Waals surface area contributed by atoms with E-state index in [1.54, 1.807) is 0 Å². The van der Waals surface area contributed by atoms with Crippen LogP contribution in [0.4, 0.5) is 0 Å². The van der Waals surface area contributed by atoms with Crippen molar-refractivity contribution in [3.05, 3.63) is 82.4 Å². The Kier molecular flexibility index (Phi) is 6.78. The van der Waals surface area contributed by atoms with Crippen LogP contribution in [0.5, 0.6) is 0 Å². The standard InChI is InChI=1S/C28H30N4/c1-4-13-30-17-22-11-12-26(25-8-6-5-7-24(22)25)28-31-18-27(32-28)21-10-9-20(14-19(2)3)23(15-21)16-29/h5-12,15,19,30H,4,13-14,17-18H2,1-3H3. The summed E-state index contributed by atoms with van der Waals surface area (Å²) < 4.78 is 0. The zero-order chi connectivity index (χ0) is 22.5. The van der Waals surface area contributed by atoms with Gasteiger partial charge in [-0.15, -0.1) is 0 Å². The van der Waals surface area contributed by atoms with Crippen LogP contribution in [0.25, 0.3) is 10.8 Å². The summed E-state index contributed by atoms with van der Waals surface area (Å²) >= 11 is 0. The van der Waals surface area contributed by atoms with Gasteiger partial charge >= 0.3 is 0 Å². The minimum atomic E-state index is 0.514. The van der Waals surface area contributed by atoms with Gasteiger partial charge in [-0.25, -0.2) is 4.99 Å². The van der Waals surface area contributed by atoms with Crippen molar-refractivity contribution < 1.29 is 0 Å². The molecule has 0 unspecified atom stereocenters. The molecular weight excluding hydrogens is 392 g/mol. The Morgan fingerprint density at radius 1 is 1.03 bits per heavy atom. The van der Waals surface area contributed by atoms with Gasteiger partial charge in [-0.05, 0) is 58.8 Å². The first-order valence-corrected chi connectivity index (χ1v) is 11.5. The second kappa shape index (κ2) is 9.89. The number of rotatable bonds is 8. The van der Waals surface area contributed by atoms with Gasteiger partial charge in [-0.2, -0.15) is 5.26 Å². The van der Waals surface area contributed by atoms with Crippen molar-refractivity contribution in [3.8, 4) is 6.07 Å². The van der Waals surface area contributed by atoms with E-state index in [4.69, 9.17) is 9.98 Å². The molecule has 0 saturated heterocycles. The van der Waals surface area contributed by atoms with Gasteiger partial charge in [0.15, 0.2) is 5.84 Å². The number of nitrogens with zero attached hydrogens (tertiary/aromatic N) is 3. The summed E-state index contributed by atoms with van der Waals surface area (Å²) in [6.07, 6.45) is 2.03. The molecule has 3 aromatic rings. The predicted octanol–water partition coefficient (Wildman–Crippen LogP) is 5.66. The van der Waals surface area contributed by atoms with Crippen molar-refractivity contribution in [1.29, 1.82) is 5.26 Å². The summed E-state index contributed by atoms with van der Waals surface area (Å²) in [5.41, 5.74) is 6.10. The van der Waals surface area contributed by atoms with Crippen molar-refractivity contribution in [1.82, 2.24) is 5.32 Å². The Hall–Kier alpha value is -3.29.